The molecular weight excluding hydrogens is 779 g/mol. The molecule has 0 saturated carbocycles. The van der Waals surface area contributed by atoms with Crippen molar-refractivity contribution in [2.24, 2.45) is 0 Å². The third kappa shape index (κ3) is 14.4. The second-order valence-electron chi connectivity index (χ2n) is 14.1. The van der Waals surface area contributed by atoms with E-state index in [0.29, 0.717) is 73.1 Å². The highest BCUT2D eigenvalue weighted by Crippen LogP contribution is 2.38. The molecule has 13 heteroatoms. The molecule has 1 aliphatic rings. The first-order valence-electron chi connectivity index (χ1n) is 19.8. The zero-order valence-corrected chi connectivity index (χ0v) is 35.0. The van der Waals surface area contributed by atoms with Crippen LogP contribution in [0.4, 0.5) is 0 Å². The molecule has 0 aromatic heterocycles. The van der Waals surface area contributed by atoms with Gasteiger partial charge in [-0.1, -0.05) is 55.5 Å². The standard InChI is InChI=1S/C48H51N3O10/c1-48(38-15-19-40(56-3)20-16-38,39-17-21-41(22-18-39)61-46(54)10-7-6-9-44(52)57-4)26-23-45(53)60-31-8-30-59-32-29-51-27-24-35(25-28-51)33-43(50-2)37-13-11-36(12-14-37)42(34-49)47(55)58-5/h11-22,24-25,27-28,33H,6-10,23,26,29-32H2,1,3-5H3. The van der Waals surface area contributed by atoms with Crippen LogP contribution in [0.3, 0.4) is 0 Å². The van der Waals surface area contributed by atoms with Gasteiger partial charge < -0.3 is 33.3 Å². The van der Waals surface area contributed by atoms with Gasteiger partial charge in [0.25, 0.3) is 0 Å². The molecule has 0 radical (unpaired) electrons. The van der Waals surface area contributed by atoms with Gasteiger partial charge in [-0.3, -0.25) is 14.4 Å². The lowest BCUT2D eigenvalue weighted by Crippen LogP contribution is -2.25. The number of rotatable bonds is 21. The Morgan fingerprint density at radius 1 is 0.738 bits per heavy atom. The monoisotopic (exact) mass is 829 g/mol. The minimum absolute atomic E-state index is 0.105. The van der Waals surface area contributed by atoms with E-state index in [1.165, 1.54) is 14.2 Å². The minimum Gasteiger partial charge on any atom is -0.497 e. The molecule has 1 atom stereocenters. The van der Waals surface area contributed by atoms with E-state index >= 15 is 0 Å². The Balaban J connectivity index is 1.21. The Hall–Kier alpha value is -6.96. The average molecular weight is 830 g/mol. The van der Waals surface area contributed by atoms with Crippen LogP contribution >= 0.6 is 0 Å². The van der Waals surface area contributed by atoms with Gasteiger partial charge in [0, 0.05) is 56.6 Å². The predicted octanol–water partition coefficient (Wildman–Crippen LogP) is 6.21. The fourth-order valence-corrected chi connectivity index (χ4v) is 6.36. The summed E-state index contributed by atoms with van der Waals surface area (Å²) in [6, 6.07) is 23.5. The highest BCUT2D eigenvalue weighted by molar-refractivity contribution is 6.15. The van der Waals surface area contributed by atoms with Gasteiger partial charge >= 0.3 is 23.9 Å². The molecule has 0 amide bonds. The maximum Gasteiger partial charge on any atom is 0.349 e. The number of carbonyl (C=O) groups is 4. The summed E-state index contributed by atoms with van der Waals surface area (Å²) >= 11 is 0. The molecule has 318 valence electrons. The average Bonchev–Trinajstić information content (AvgIpc) is 3.29. The Bertz CT molecular complexity index is 2260. The highest BCUT2D eigenvalue weighted by atomic mass is 16.5. The smallest absolute Gasteiger partial charge is 0.349 e. The van der Waals surface area contributed by atoms with E-state index < -0.39 is 11.4 Å². The fraction of sp³-hybridized carbons (Fsp3) is 0.333. The number of esters is 4. The molecule has 3 aromatic carbocycles. The SMILES string of the molecule is [C-]#[N+]C(C=C1C=CN(CCOCCCOC(=O)CCC(C)(c2ccc(OC)cc2)c2ccc(OC(=O)CCCCC(=O)OC)cc2)C=C1)=c1ccc(=C(C#N)C(=O)OC)cc1. The zero-order valence-electron chi connectivity index (χ0n) is 35.0. The van der Waals surface area contributed by atoms with Gasteiger partial charge in [0.1, 0.15) is 23.1 Å². The van der Waals surface area contributed by atoms with Crippen LogP contribution in [0.15, 0.2) is 109 Å². The minimum atomic E-state index is -0.717. The third-order valence-corrected chi connectivity index (χ3v) is 10.0. The summed E-state index contributed by atoms with van der Waals surface area (Å²) in [5.74, 6) is -0.593. The molecule has 61 heavy (non-hydrogen) atoms. The van der Waals surface area contributed by atoms with E-state index in [1.807, 2.05) is 71.9 Å². The summed E-state index contributed by atoms with van der Waals surface area (Å²) in [5.41, 5.74) is 2.48. The van der Waals surface area contributed by atoms with E-state index in [1.54, 1.807) is 49.6 Å². The van der Waals surface area contributed by atoms with Gasteiger partial charge in [0.05, 0.1) is 41.1 Å². The lowest BCUT2D eigenvalue weighted by Gasteiger charge is -2.31. The summed E-state index contributed by atoms with van der Waals surface area (Å²) < 4.78 is 31.5. The summed E-state index contributed by atoms with van der Waals surface area (Å²) in [4.78, 5) is 54.1. The molecule has 4 rings (SSSR count). The molecule has 0 fully saturated rings. The number of hydrogen-bond donors (Lipinski definition) is 0. The number of carbonyl (C=O) groups excluding carboxylic acids is 4. The second kappa shape index (κ2) is 24.2. The van der Waals surface area contributed by atoms with Gasteiger partial charge in [-0.05, 0) is 88.9 Å². The third-order valence-electron chi connectivity index (χ3n) is 10.0. The van der Waals surface area contributed by atoms with Gasteiger partial charge in [-0.15, -0.1) is 0 Å². The van der Waals surface area contributed by atoms with Gasteiger partial charge in [0.2, 0.25) is 0 Å². The lowest BCUT2D eigenvalue weighted by atomic mass is 9.73. The number of unbranched alkanes of at least 4 members (excludes halogenated alkanes) is 1. The van der Waals surface area contributed by atoms with Crippen molar-refractivity contribution in [2.45, 2.75) is 57.3 Å². The quantitative estimate of drug-likeness (QED) is 0.0394. The van der Waals surface area contributed by atoms with Crippen molar-refractivity contribution in [3.63, 3.8) is 0 Å². The maximum absolute atomic E-state index is 12.9. The Kier molecular flexibility index (Phi) is 18.5. The van der Waals surface area contributed by atoms with Gasteiger partial charge in [-0.2, -0.15) is 5.26 Å². The van der Waals surface area contributed by atoms with Crippen LogP contribution in [0.2, 0.25) is 0 Å². The summed E-state index contributed by atoms with van der Waals surface area (Å²) in [6.07, 6.45) is 12.0. The van der Waals surface area contributed by atoms with Gasteiger partial charge in [0.15, 0.2) is 5.70 Å². The number of nitrogens with zero attached hydrogens (tertiary/aromatic N) is 3. The van der Waals surface area contributed by atoms with Crippen LogP contribution < -0.4 is 19.9 Å². The first kappa shape index (κ1) is 46.7. The molecule has 0 bridgehead atoms. The number of allylic oxidation sites excluding steroid dienone is 3. The molecule has 0 aliphatic carbocycles. The fourth-order valence-electron chi connectivity index (χ4n) is 6.36. The van der Waals surface area contributed by atoms with E-state index in [2.05, 4.69) is 21.2 Å². The van der Waals surface area contributed by atoms with Gasteiger partial charge in [-0.25, -0.2) is 9.64 Å². The molecule has 3 aromatic rings. The van der Waals surface area contributed by atoms with Crippen molar-refractivity contribution in [3.05, 3.63) is 142 Å². The molecular formula is C48H51N3O10. The van der Waals surface area contributed by atoms with Crippen molar-refractivity contribution in [1.82, 2.24) is 4.90 Å². The van der Waals surface area contributed by atoms with E-state index in [0.717, 1.165) is 16.7 Å². The summed E-state index contributed by atoms with van der Waals surface area (Å²) in [7, 11) is 4.16. The van der Waals surface area contributed by atoms with Crippen molar-refractivity contribution < 1.29 is 47.6 Å². The van der Waals surface area contributed by atoms with Crippen LogP contribution in [0.25, 0.3) is 16.1 Å². The number of hydrogen-bond acceptors (Lipinski definition) is 12. The molecule has 1 aliphatic heterocycles. The Labute approximate surface area is 356 Å². The maximum atomic E-state index is 12.9. The second-order valence-corrected chi connectivity index (χ2v) is 14.1. The molecule has 13 nitrogen and oxygen atoms in total. The Morgan fingerprint density at radius 3 is 1.92 bits per heavy atom. The number of methoxy groups -OCH3 is 3. The van der Waals surface area contributed by atoms with Crippen LogP contribution in [0, 0.1) is 17.9 Å². The van der Waals surface area contributed by atoms with E-state index in [9.17, 15) is 24.4 Å². The van der Waals surface area contributed by atoms with Crippen LogP contribution in [-0.4, -0.2) is 76.5 Å². The first-order valence-corrected chi connectivity index (χ1v) is 19.8. The van der Waals surface area contributed by atoms with Crippen LogP contribution in [0.1, 0.15) is 63.0 Å². The van der Waals surface area contributed by atoms with Crippen LogP contribution in [0.5, 0.6) is 11.5 Å². The molecule has 0 N–H and O–H groups in total. The summed E-state index contributed by atoms with van der Waals surface area (Å²) in [5, 5.41) is 10.4. The molecule has 1 unspecified atom stereocenters. The normalized spacial score (nSPS) is 12.6. The predicted molar refractivity (Wildman–Crippen MR) is 227 cm³/mol. The van der Waals surface area contributed by atoms with Crippen LogP contribution in [-0.2, 0) is 43.5 Å². The van der Waals surface area contributed by atoms with E-state index in [4.69, 9.17) is 25.5 Å². The van der Waals surface area contributed by atoms with Crippen molar-refractivity contribution in [2.75, 3.05) is 47.7 Å². The molecule has 1 heterocycles. The largest absolute Gasteiger partial charge is 0.497 e. The summed E-state index contributed by atoms with van der Waals surface area (Å²) in [6.45, 7) is 11.4. The Morgan fingerprint density at radius 2 is 1.34 bits per heavy atom. The highest BCUT2D eigenvalue weighted by Gasteiger charge is 2.30. The van der Waals surface area contributed by atoms with Crippen molar-refractivity contribution >= 4 is 35.1 Å². The topological polar surface area (TPSA) is 155 Å². The number of ether oxygens (including phenoxy) is 6. The number of benzene rings is 3. The molecule has 0 spiro atoms. The van der Waals surface area contributed by atoms with Crippen molar-refractivity contribution in [1.29, 1.82) is 5.26 Å². The zero-order chi connectivity index (χ0) is 44.0. The van der Waals surface area contributed by atoms with E-state index in [-0.39, 0.29) is 49.4 Å². The number of nitriles is 1. The lowest BCUT2D eigenvalue weighted by molar-refractivity contribution is -0.144. The van der Waals surface area contributed by atoms with Crippen molar-refractivity contribution in [3.8, 4) is 17.6 Å². The molecule has 0 saturated heterocycles. The first-order chi connectivity index (χ1) is 29.5.